The molecule has 0 aromatic rings. The number of hydrogen-bond acceptors (Lipinski definition) is 44. The van der Waals surface area contributed by atoms with Crippen LogP contribution in [0.5, 0.6) is 0 Å². The van der Waals surface area contributed by atoms with E-state index in [1.54, 1.807) is 0 Å². The van der Waals surface area contributed by atoms with Crippen LogP contribution in [-0.4, -0.2) is 468 Å². The zero-order chi connectivity index (χ0) is 95.2. The quantitative estimate of drug-likeness (QED) is 0.0272. The second-order valence-corrected chi connectivity index (χ2v) is 31.6. The summed E-state index contributed by atoms with van der Waals surface area (Å²) in [5, 5.41) is 209. The van der Waals surface area contributed by atoms with E-state index in [-0.39, 0.29) is 0 Å². The summed E-state index contributed by atoms with van der Waals surface area (Å²) in [6.07, 6.45) is -68.7. The molecule has 0 aliphatic carbocycles. The molecule has 0 spiro atoms. The summed E-state index contributed by atoms with van der Waals surface area (Å²) < 4.78 is 111. The van der Waals surface area contributed by atoms with Gasteiger partial charge in [0.15, 0.2) is 62.5 Å². The van der Waals surface area contributed by atoms with Crippen molar-refractivity contribution < 1.29 is 225 Å². The van der Waals surface area contributed by atoms with Gasteiger partial charge in [-0.15, -0.1) is 0 Å². The summed E-state index contributed by atoms with van der Waals surface area (Å²) in [7, 11) is 0. The molecule has 732 valence electrons. The normalized spacial score (nSPS) is 41.1. The van der Waals surface area contributed by atoms with E-state index in [1.807, 2.05) is 0 Å². The van der Waals surface area contributed by atoms with Crippen molar-refractivity contribution >= 4 is 65.1 Å². The Hall–Kier alpha value is -7.15. The van der Waals surface area contributed by atoms with Crippen molar-refractivity contribution in [2.24, 2.45) is 5.73 Å². The molecule has 0 saturated carbocycles. The Morgan fingerprint density at radius 2 is 0.445 bits per heavy atom. The van der Waals surface area contributed by atoms with Crippen molar-refractivity contribution in [1.82, 2.24) is 42.5 Å². The first-order valence-electron chi connectivity index (χ1n) is 40.6. The number of aliphatic hydroxyl groups is 15. The maximum atomic E-state index is 13.6. The minimum atomic E-state index is -2.31. The minimum absolute atomic E-state index is 0.758. The van der Waals surface area contributed by atoms with Crippen LogP contribution in [0, 0.1) is 0 Å². The summed E-state index contributed by atoms with van der Waals surface area (Å²) in [6, 6.07) is -14.8. The van der Waals surface area contributed by atoms with Gasteiger partial charge < -0.3 is 220 Å². The molecule has 0 aromatic carbocycles. The van der Waals surface area contributed by atoms with Gasteiger partial charge >= 0.3 is 11.9 Å². The maximum Gasteiger partial charge on any atom is 0.332 e. The number of carboxylic acid groups (broad SMARTS) is 2. The van der Waals surface area contributed by atoms with E-state index in [2.05, 4.69) is 42.5 Å². The number of primary amides is 1. The van der Waals surface area contributed by atoms with Crippen molar-refractivity contribution in [3.8, 4) is 0 Å². The van der Waals surface area contributed by atoms with Gasteiger partial charge in [-0.1, -0.05) is 0 Å². The lowest BCUT2D eigenvalue weighted by Crippen LogP contribution is -2.73. The van der Waals surface area contributed by atoms with Gasteiger partial charge in [0, 0.05) is 55.4 Å². The second kappa shape index (κ2) is 47.5. The van der Waals surface area contributed by atoms with Crippen LogP contribution in [0.3, 0.4) is 0 Å². The second-order valence-electron chi connectivity index (χ2n) is 31.6. The zero-order valence-corrected chi connectivity index (χ0v) is 71.0. The number of carboxylic acids is 2. The first kappa shape index (κ1) is 106. The molecule has 8 rings (SSSR count). The smallest absolute Gasteiger partial charge is 0.332 e. The Labute approximate surface area is 728 Å². The van der Waals surface area contributed by atoms with Crippen LogP contribution in [-0.2, 0) is 138 Å². The number of carbonyl (C=O) groups excluding carboxylic acids is 9. The molecule has 55 nitrogen and oxygen atoms in total. The summed E-state index contributed by atoms with van der Waals surface area (Å²) in [6.45, 7) is 1.96. The zero-order valence-electron chi connectivity index (χ0n) is 71.0. The Morgan fingerprint density at radius 3 is 0.680 bits per heavy atom. The third kappa shape index (κ3) is 25.8. The molecule has 8 heterocycles. The number of carbonyl (C=O) groups is 11. The molecule has 128 heavy (non-hydrogen) atoms. The van der Waals surface area contributed by atoms with Gasteiger partial charge in [0.05, 0.1) is 52.9 Å². The first-order chi connectivity index (χ1) is 60.3. The van der Waals surface area contributed by atoms with Crippen LogP contribution >= 0.6 is 0 Å². The van der Waals surface area contributed by atoms with Gasteiger partial charge in [0.25, 0.3) is 0 Å². The average Bonchev–Trinajstić information content (AvgIpc) is 0.758. The van der Waals surface area contributed by atoms with Gasteiger partial charge in [-0.2, -0.15) is 0 Å². The number of ether oxygens (including phenoxy) is 18. The minimum Gasteiger partial charge on any atom is -0.479 e. The fourth-order valence-electron chi connectivity index (χ4n) is 16.1. The summed E-state index contributed by atoms with van der Waals surface area (Å²) >= 11 is 0. The fourth-order valence-corrected chi connectivity index (χ4v) is 16.1. The van der Waals surface area contributed by atoms with Gasteiger partial charge in [0.1, 0.15) is 201 Å². The number of amides is 9. The molecule has 8 aliphatic heterocycles. The largest absolute Gasteiger partial charge is 0.479 e. The predicted molar refractivity (Wildman–Crippen MR) is 407 cm³/mol. The molecule has 8 fully saturated rings. The van der Waals surface area contributed by atoms with Gasteiger partial charge in [0.2, 0.25) is 53.2 Å². The molecule has 8 saturated heterocycles. The van der Waals surface area contributed by atoms with E-state index >= 15 is 0 Å². The average molecular weight is 1860 g/mol. The van der Waals surface area contributed by atoms with Gasteiger partial charge in [-0.05, 0) is 20.8 Å². The van der Waals surface area contributed by atoms with Crippen molar-refractivity contribution in [1.29, 1.82) is 0 Å². The number of nitrogens with one attached hydrogen (secondary N) is 8. The van der Waals surface area contributed by atoms with E-state index in [1.165, 1.54) is 0 Å². The van der Waals surface area contributed by atoms with E-state index in [0.717, 1.165) is 76.2 Å². The molecule has 0 unspecified atom stereocenters. The molecule has 43 atom stereocenters. The lowest BCUT2D eigenvalue weighted by atomic mass is 9.92. The summed E-state index contributed by atoms with van der Waals surface area (Å²) in [4.78, 5) is 143. The van der Waals surface area contributed by atoms with Crippen LogP contribution in [0.15, 0.2) is 0 Å². The maximum absolute atomic E-state index is 13.6. The van der Waals surface area contributed by atoms with E-state index in [4.69, 9.17) is 91.0 Å². The Balaban J connectivity index is 1.10. The SMILES string of the molecule is CC(=O)N[C@@H]1[C@@H](O)[C@H](O[C@@H]2O[C@H](CO)[C@@H](O[C@@H]3O[C@H](CO)[C@@H](O[C@@H]4O[C@H](CO)[C@@H](O[C@@H]5O[C@H](CO)[C@@H](O[C@@H]6O[C@H](CO)[C@@H](O[C@@H]7O[C@H](CO)[C@@H](O[C@@H]8O[C@H](CO)[C@@H](O)[C@H](O)[C@H]8NC(C)=O)[C@H](O[C@H](C)C(N)=O)[C@H]7NC(C)=O)[C@H](O)[C@H]6NC(C)=O)[C@H](O[C@H](C)C(=O)O)[C@H]5NC(C)=O)[C@H](O)[C@H]4NC(C)=O)[C@H](O[C@H](C)C(=O)O)[C@H]3NC(C)=O)[C@H](O)[C@H]2NC(C)=O)[C@@H](CO)O[C@H]1O. The van der Waals surface area contributed by atoms with E-state index in [0.29, 0.717) is 0 Å². The molecule has 27 N–H and O–H groups in total. The van der Waals surface area contributed by atoms with Crippen LogP contribution in [0.2, 0.25) is 0 Å². The Morgan fingerprint density at radius 1 is 0.258 bits per heavy atom. The highest BCUT2D eigenvalue weighted by Gasteiger charge is 2.63. The third-order valence-electron chi connectivity index (χ3n) is 22.0. The van der Waals surface area contributed by atoms with Crippen LogP contribution in [0.25, 0.3) is 0 Å². The Kier molecular flexibility index (Phi) is 39.4. The van der Waals surface area contributed by atoms with Crippen molar-refractivity contribution in [3.05, 3.63) is 0 Å². The number of nitrogens with two attached hydrogens (primary N) is 1. The molecular weight excluding hydrogens is 1740 g/mol. The topological polar surface area (TPSA) is 820 Å². The highest BCUT2D eigenvalue weighted by molar-refractivity contribution is 5.79. The number of hydrogen-bond donors (Lipinski definition) is 26. The molecule has 55 heteroatoms. The van der Waals surface area contributed by atoms with Crippen molar-refractivity contribution in [2.45, 2.75) is 340 Å². The predicted octanol–water partition coefficient (Wildman–Crippen LogP) is -16.4. The van der Waals surface area contributed by atoms with Crippen molar-refractivity contribution in [2.75, 3.05) is 52.9 Å². The van der Waals surface area contributed by atoms with E-state index in [9.17, 15) is 140 Å². The van der Waals surface area contributed by atoms with Crippen LogP contribution in [0.4, 0.5) is 0 Å². The molecule has 9 amide bonds. The molecule has 0 bridgehead atoms. The summed E-state index contributed by atoms with van der Waals surface area (Å²) in [5.74, 6) is -11.8. The number of rotatable bonds is 39. The standard InChI is InChI=1S/C73H119N9O46/c1-20(63(74)105)111-60-44(80-28(9)96)71(119-36(17-88)57(60)126-67-40(76-24(5)92)48(100)47(99)31(12-83)115-67)123-55-34(15-86)117-69(42(51(55)103)78-26(7)94)127-59-38(19-90)121-73(46(82-30(11)98)62(59)113-22(3)65(108)109)125-56-35(16-87)118-70(43(52(56)104)79-27(8)95)128-58-37(18-89)120-72(45(81-29(10)97)61(58)112-21(2)64(106)107)124-54-33(14-85)116-68(41(50(54)102)77-25(6)93)122-53-32(13-84)114-66(110)39(49(53)101)75-23(4)91/h20-22,31-62,66-73,83-90,99-104,110H,12-19H2,1-11H3,(H2,74,105)(H,75,91)(H,76,92)(H,77,93)(H,78,94)(H,79,95)(H,80,96)(H,81,97)(H,82,98)(H,106,107)(H,108,109)/t20-,21-,22-,31-,32-,33-,34-,35-,36-,37-,38-,39-,40-,41-,42-,43-,44-,45-,46-,47-,48-,49-,50-,51-,52-,53-,54-,55-,56-,57-,58-,59-,60-,61-,62-,66-,67+,68+,69+,70+,71+,72+,73+/m1/s1. The first-order valence-corrected chi connectivity index (χ1v) is 40.6. The van der Waals surface area contributed by atoms with E-state index < -0.39 is 381 Å². The van der Waals surface area contributed by atoms with Crippen molar-refractivity contribution in [3.63, 3.8) is 0 Å². The highest BCUT2D eigenvalue weighted by Crippen LogP contribution is 2.41. The van der Waals surface area contributed by atoms with Gasteiger partial charge in [-0.25, -0.2) is 9.59 Å². The van der Waals surface area contributed by atoms with Crippen LogP contribution in [0.1, 0.15) is 76.2 Å². The van der Waals surface area contributed by atoms with Crippen LogP contribution < -0.4 is 48.3 Å². The monoisotopic (exact) mass is 1860 g/mol. The lowest BCUT2D eigenvalue weighted by molar-refractivity contribution is -0.377. The number of aliphatic hydroxyl groups excluding tert-OH is 15. The lowest BCUT2D eigenvalue weighted by Gasteiger charge is -2.53. The Bertz CT molecular complexity index is 3710. The molecular formula is C73H119N9O46. The van der Waals surface area contributed by atoms with Gasteiger partial charge in [-0.3, -0.25) is 43.2 Å². The highest BCUT2D eigenvalue weighted by atomic mass is 16.8. The summed E-state index contributed by atoms with van der Waals surface area (Å²) in [5.41, 5.74) is 5.64. The third-order valence-corrected chi connectivity index (χ3v) is 22.0. The molecule has 0 aromatic heterocycles. The molecule has 8 aliphatic rings. The fraction of sp³-hybridized carbons (Fsp3) is 0.849. The molecule has 0 radical (unpaired) electrons. The number of aliphatic carboxylic acids is 2.